The normalized spacial score (nSPS) is 12.5. The maximum absolute atomic E-state index is 3.67. The first-order chi connectivity index (χ1) is 13.8. The van der Waals surface area contributed by atoms with Gasteiger partial charge in [-0.05, 0) is 51.9 Å². The second-order valence-electron chi connectivity index (χ2n) is 7.58. The molecule has 0 amide bonds. The van der Waals surface area contributed by atoms with Crippen LogP contribution in [-0.2, 0) is 0 Å². The van der Waals surface area contributed by atoms with E-state index in [1.54, 1.807) is 0 Å². The van der Waals surface area contributed by atoms with E-state index in [0.29, 0.717) is 0 Å². The van der Waals surface area contributed by atoms with Crippen LogP contribution in [0.2, 0.25) is 0 Å². The fourth-order valence-electron chi connectivity index (χ4n) is 4.95. The predicted molar refractivity (Wildman–Crippen MR) is 124 cm³/mol. The lowest BCUT2D eigenvalue weighted by atomic mass is 9.97. The Bertz CT molecular complexity index is 1720. The Morgan fingerprint density at radius 3 is 2.21 bits per heavy atom. The zero-order chi connectivity index (χ0) is 18.4. The lowest BCUT2D eigenvalue weighted by molar-refractivity contribution is 1.35. The largest absolute Gasteiger partial charge is 0.308 e. The molecule has 2 heterocycles. The summed E-state index contributed by atoms with van der Waals surface area (Å²) in [6.07, 6.45) is 0. The number of benzene rings is 5. The van der Waals surface area contributed by atoms with Crippen LogP contribution in [-0.4, -0.2) is 4.40 Å². The van der Waals surface area contributed by atoms with Gasteiger partial charge in [-0.2, -0.15) is 0 Å². The highest BCUT2D eigenvalue weighted by molar-refractivity contribution is 9.10. The lowest BCUT2D eigenvalue weighted by Crippen LogP contribution is -1.92. The minimum Gasteiger partial charge on any atom is -0.308 e. The van der Waals surface area contributed by atoms with Gasteiger partial charge in [0.2, 0.25) is 0 Å². The molecular formula is C26H14BrN. The molecule has 2 heteroatoms. The Morgan fingerprint density at radius 1 is 0.536 bits per heavy atom. The van der Waals surface area contributed by atoms with Crippen LogP contribution in [0.15, 0.2) is 89.4 Å². The smallest absolute Gasteiger partial charge is 0.0626 e. The van der Waals surface area contributed by atoms with E-state index < -0.39 is 0 Å². The van der Waals surface area contributed by atoms with Crippen molar-refractivity contribution < 1.29 is 0 Å². The molecule has 0 saturated carbocycles. The molecule has 0 radical (unpaired) electrons. The Hall–Kier alpha value is -3.10. The van der Waals surface area contributed by atoms with Crippen molar-refractivity contribution in [3.63, 3.8) is 0 Å². The van der Waals surface area contributed by atoms with Crippen molar-refractivity contribution in [2.45, 2.75) is 0 Å². The predicted octanol–water partition coefficient (Wildman–Crippen LogP) is 7.91. The molecule has 5 aromatic carbocycles. The molecule has 0 aliphatic heterocycles. The minimum absolute atomic E-state index is 1.12. The molecule has 0 saturated heterocycles. The molecule has 0 N–H and O–H groups in total. The summed E-state index contributed by atoms with van der Waals surface area (Å²) in [7, 11) is 0. The maximum atomic E-state index is 3.67. The number of hydrogen-bond donors (Lipinski definition) is 0. The molecule has 0 unspecified atom stereocenters. The van der Waals surface area contributed by atoms with Gasteiger partial charge in [-0.15, -0.1) is 0 Å². The number of rotatable bonds is 0. The Balaban J connectivity index is 1.93. The monoisotopic (exact) mass is 419 g/mol. The van der Waals surface area contributed by atoms with Gasteiger partial charge in [0.1, 0.15) is 0 Å². The molecule has 1 nitrogen and oxygen atoms in total. The highest BCUT2D eigenvalue weighted by Gasteiger charge is 2.18. The van der Waals surface area contributed by atoms with E-state index >= 15 is 0 Å². The quantitative estimate of drug-likeness (QED) is 0.173. The highest BCUT2D eigenvalue weighted by Crippen LogP contribution is 2.42. The summed E-state index contributed by atoms with van der Waals surface area (Å²) in [6, 6.07) is 31.2. The molecule has 130 valence electrons. The van der Waals surface area contributed by atoms with Crippen molar-refractivity contribution in [3.05, 3.63) is 89.4 Å². The van der Waals surface area contributed by atoms with Crippen LogP contribution in [0.5, 0.6) is 0 Å². The SMILES string of the molecule is Brc1ccc2c(c1)c1ccc3cccc4c5cc6ccccc6cc5n2c1c34. The number of aromatic nitrogens is 1. The molecule has 0 spiro atoms. The minimum atomic E-state index is 1.12. The van der Waals surface area contributed by atoms with Gasteiger partial charge in [-0.25, -0.2) is 0 Å². The fourth-order valence-corrected chi connectivity index (χ4v) is 5.31. The summed E-state index contributed by atoms with van der Waals surface area (Å²) in [4.78, 5) is 0. The first kappa shape index (κ1) is 14.9. The number of fused-ring (bicyclic) bond motifs is 7. The van der Waals surface area contributed by atoms with Crippen molar-refractivity contribution in [3.8, 4) is 0 Å². The molecule has 2 aromatic heterocycles. The van der Waals surface area contributed by atoms with Crippen molar-refractivity contribution >= 4 is 75.6 Å². The van der Waals surface area contributed by atoms with Gasteiger partial charge >= 0.3 is 0 Å². The van der Waals surface area contributed by atoms with Crippen LogP contribution in [0.25, 0.3) is 59.6 Å². The summed E-state index contributed by atoms with van der Waals surface area (Å²) in [6.45, 7) is 0. The van der Waals surface area contributed by atoms with Crippen LogP contribution in [0.1, 0.15) is 0 Å². The van der Waals surface area contributed by atoms with E-state index in [0.717, 1.165) is 4.47 Å². The summed E-state index contributed by atoms with van der Waals surface area (Å²) in [5.41, 5.74) is 3.85. The molecule has 0 aliphatic rings. The molecule has 28 heavy (non-hydrogen) atoms. The second kappa shape index (κ2) is 5.03. The van der Waals surface area contributed by atoms with Gasteiger partial charge in [0.15, 0.2) is 0 Å². The Kier molecular flexibility index (Phi) is 2.68. The molecule has 0 fully saturated rings. The average molecular weight is 420 g/mol. The zero-order valence-electron chi connectivity index (χ0n) is 14.9. The molecule has 0 aliphatic carbocycles. The van der Waals surface area contributed by atoms with Gasteiger partial charge in [0, 0.05) is 26.0 Å². The van der Waals surface area contributed by atoms with E-state index in [1.807, 2.05) is 0 Å². The number of hydrogen-bond acceptors (Lipinski definition) is 0. The van der Waals surface area contributed by atoms with Gasteiger partial charge in [-0.1, -0.05) is 70.5 Å². The molecule has 0 bridgehead atoms. The Morgan fingerprint density at radius 2 is 1.32 bits per heavy atom. The van der Waals surface area contributed by atoms with Crippen LogP contribution < -0.4 is 0 Å². The van der Waals surface area contributed by atoms with Crippen LogP contribution >= 0.6 is 15.9 Å². The van der Waals surface area contributed by atoms with Crippen LogP contribution in [0.4, 0.5) is 0 Å². The standard InChI is InChI=1S/C26H14BrN/c27-18-9-11-23-22(14-18)20-10-8-15-6-3-7-19-21-12-16-4-1-2-5-17(16)13-24(21)28(23)26(20)25(15)19/h1-14H. The Labute approximate surface area is 169 Å². The van der Waals surface area contributed by atoms with Crippen molar-refractivity contribution in [2.24, 2.45) is 0 Å². The molecule has 7 rings (SSSR count). The fraction of sp³-hybridized carbons (Fsp3) is 0. The molecule has 7 aromatic rings. The molecular weight excluding hydrogens is 406 g/mol. The van der Waals surface area contributed by atoms with Crippen LogP contribution in [0, 0.1) is 0 Å². The van der Waals surface area contributed by atoms with E-state index in [9.17, 15) is 0 Å². The van der Waals surface area contributed by atoms with Gasteiger partial charge in [0.25, 0.3) is 0 Å². The summed E-state index contributed by atoms with van der Waals surface area (Å²) < 4.78 is 3.58. The van der Waals surface area contributed by atoms with Crippen molar-refractivity contribution in [1.82, 2.24) is 4.40 Å². The number of halogens is 1. The van der Waals surface area contributed by atoms with E-state index in [1.165, 1.54) is 59.6 Å². The third kappa shape index (κ3) is 1.72. The number of nitrogens with zero attached hydrogens (tertiary/aromatic N) is 1. The molecule has 0 atom stereocenters. The average Bonchev–Trinajstić information content (AvgIpc) is 3.06. The second-order valence-corrected chi connectivity index (χ2v) is 8.49. The summed E-state index contributed by atoms with van der Waals surface area (Å²) in [5, 5.41) is 10.5. The summed E-state index contributed by atoms with van der Waals surface area (Å²) >= 11 is 3.67. The van der Waals surface area contributed by atoms with E-state index in [4.69, 9.17) is 0 Å². The lowest BCUT2D eigenvalue weighted by Gasteiger charge is -2.14. The topological polar surface area (TPSA) is 4.41 Å². The first-order valence-electron chi connectivity index (χ1n) is 9.48. The van der Waals surface area contributed by atoms with Crippen LogP contribution in [0.3, 0.4) is 0 Å². The van der Waals surface area contributed by atoms with E-state index in [-0.39, 0.29) is 0 Å². The summed E-state index contributed by atoms with van der Waals surface area (Å²) in [5.74, 6) is 0. The maximum Gasteiger partial charge on any atom is 0.0626 e. The third-order valence-corrected chi connectivity index (χ3v) is 6.62. The highest BCUT2D eigenvalue weighted by atomic mass is 79.9. The van der Waals surface area contributed by atoms with Crippen molar-refractivity contribution in [1.29, 1.82) is 0 Å². The third-order valence-electron chi connectivity index (χ3n) is 6.13. The number of pyridine rings is 1. The van der Waals surface area contributed by atoms with E-state index in [2.05, 4.69) is 105 Å². The zero-order valence-corrected chi connectivity index (χ0v) is 16.5. The van der Waals surface area contributed by atoms with Crippen molar-refractivity contribution in [2.75, 3.05) is 0 Å². The van der Waals surface area contributed by atoms with Gasteiger partial charge in [-0.3, -0.25) is 0 Å². The van der Waals surface area contributed by atoms with Gasteiger partial charge < -0.3 is 4.40 Å². The first-order valence-corrected chi connectivity index (χ1v) is 10.3. The van der Waals surface area contributed by atoms with Gasteiger partial charge in [0.05, 0.1) is 16.6 Å².